The van der Waals surface area contributed by atoms with Gasteiger partial charge in [0, 0.05) is 21.4 Å². The molecule has 0 aliphatic carbocycles. The van der Waals surface area contributed by atoms with Crippen LogP contribution in [-0.4, -0.2) is 27.0 Å². The predicted octanol–water partition coefficient (Wildman–Crippen LogP) is 0.985. The molecule has 2 heterocycles. The summed E-state index contributed by atoms with van der Waals surface area (Å²) in [6, 6.07) is 7.03. The summed E-state index contributed by atoms with van der Waals surface area (Å²) in [5, 5.41) is 11.7. The van der Waals surface area contributed by atoms with Gasteiger partial charge in [-0.05, 0) is 31.0 Å². The first-order valence-electron chi connectivity index (χ1n) is 8.06. The van der Waals surface area contributed by atoms with Gasteiger partial charge in [0.25, 0.3) is 17.7 Å². The lowest BCUT2D eigenvalue weighted by Gasteiger charge is -2.01. The van der Waals surface area contributed by atoms with Gasteiger partial charge in [0.05, 0.1) is 6.21 Å². The van der Waals surface area contributed by atoms with Gasteiger partial charge in [-0.2, -0.15) is 5.10 Å². The Balaban J connectivity index is 1.75. The van der Waals surface area contributed by atoms with E-state index < -0.39 is 0 Å². The van der Waals surface area contributed by atoms with Crippen molar-refractivity contribution in [3.05, 3.63) is 62.7 Å². The molecule has 8 nitrogen and oxygen atoms in total. The van der Waals surface area contributed by atoms with Gasteiger partial charge in [0.1, 0.15) is 0 Å². The summed E-state index contributed by atoms with van der Waals surface area (Å²) in [4.78, 5) is 24.7. The summed E-state index contributed by atoms with van der Waals surface area (Å²) < 4.78 is 2.87. The molecule has 2 N–H and O–H groups in total. The second-order valence-electron chi connectivity index (χ2n) is 5.72. The van der Waals surface area contributed by atoms with Gasteiger partial charge in [0.15, 0.2) is 6.54 Å². The number of hydrazone groups is 1. The molecule has 0 saturated carbocycles. The molecule has 0 bridgehead atoms. The molecule has 1 amide bonds. The second-order valence-corrected chi connectivity index (χ2v) is 6.16. The maximum absolute atomic E-state index is 12.6. The zero-order valence-corrected chi connectivity index (χ0v) is 15.1. The van der Waals surface area contributed by atoms with E-state index in [1.807, 2.05) is 13.8 Å². The first kappa shape index (κ1) is 17.8. The number of fused-ring (bicyclic) bond motifs is 1. The summed E-state index contributed by atoms with van der Waals surface area (Å²) in [5.74, 6) is -0.390. The Hall–Kier alpha value is -3.00. The minimum absolute atomic E-state index is 0.121. The fourth-order valence-electron chi connectivity index (χ4n) is 2.65. The molecule has 1 aromatic carbocycles. The molecule has 0 saturated heterocycles. The molecule has 134 valence electrons. The Morgan fingerprint density at radius 3 is 2.85 bits per heavy atom. The molecular weight excluding hydrogens is 356 g/mol. The first-order chi connectivity index (χ1) is 12.5. The molecule has 0 atom stereocenters. The van der Waals surface area contributed by atoms with Crippen LogP contribution in [0.4, 0.5) is 0 Å². The number of carbonyl (C=O) groups excluding carboxylic acids is 1. The molecule has 0 spiro atoms. The topological polar surface area (TPSA) is 96.2 Å². The van der Waals surface area contributed by atoms with Crippen LogP contribution in [0.25, 0.3) is 5.65 Å². The van der Waals surface area contributed by atoms with Gasteiger partial charge in [-0.1, -0.05) is 35.3 Å². The number of halogens is 1. The Morgan fingerprint density at radius 2 is 2.15 bits per heavy atom. The van der Waals surface area contributed by atoms with Crippen molar-refractivity contribution in [2.24, 2.45) is 5.10 Å². The maximum Gasteiger partial charge on any atom is 0.331 e. The van der Waals surface area contributed by atoms with E-state index in [9.17, 15) is 9.59 Å². The van der Waals surface area contributed by atoms with Crippen molar-refractivity contribution < 1.29 is 9.31 Å². The predicted molar refractivity (Wildman–Crippen MR) is 97.3 cm³/mol. The molecule has 3 aromatic rings. The van der Waals surface area contributed by atoms with Gasteiger partial charge in [-0.15, -0.1) is 4.52 Å². The molecular formula is C17H18ClN6O2+. The summed E-state index contributed by atoms with van der Waals surface area (Å²) in [7, 11) is 0. The normalized spacial score (nSPS) is 11.3. The smallest absolute Gasteiger partial charge is 0.282 e. The number of aromatic nitrogens is 4. The van der Waals surface area contributed by atoms with Crippen LogP contribution in [0.2, 0.25) is 5.02 Å². The average Bonchev–Trinajstić information content (AvgIpc) is 2.99. The van der Waals surface area contributed by atoms with Crippen molar-refractivity contribution in [1.29, 1.82) is 0 Å². The highest BCUT2D eigenvalue weighted by Crippen LogP contribution is 2.07. The van der Waals surface area contributed by atoms with Gasteiger partial charge < -0.3 is 0 Å². The number of hydrogen-bond donors (Lipinski definition) is 2. The lowest BCUT2D eigenvalue weighted by atomic mass is 10.1. The molecule has 2 aromatic heterocycles. The molecule has 0 radical (unpaired) electrons. The molecule has 0 aliphatic heterocycles. The number of aromatic amines is 1. The van der Waals surface area contributed by atoms with Crippen LogP contribution in [0.1, 0.15) is 23.7 Å². The quantitative estimate of drug-likeness (QED) is 0.396. The van der Waals surface area contributed by atoms with Crippen LogP contribution in [0, 0.1) is 6.92 Å². The van der Waals surface area contributed by atoms with E-state index >= 15 is 0 Å². The van der Waals surface area contributed by atoms with Gasteiger partial charge in [0.2, 0.25) is 0 Å². The molecule has 0 aliphatic rings. The second kappa shape index (κ2) is 7.49. The number of H-pyrrole nitrogens is 1. The highest BCUT2D eigenvalue weighted by molar-refractivity contribution is 6.30. The number of rotatable bonds is 5. The molecule has 26 heavy (non-hydrogen) atoms. The SMILES string of the molecule is CCc1c(C)[nH][n+]2cnn(CC(=O)N/N=C/c3ccc(Cl)cc3)c2c1=O. The molecule has 0 unspecified atom stereocenters. The van der Waals surface area contributed by atoms with Crippen LogP contribution < -0.4 is 15.4 Å². The lowest BCUT2D eigenvalue weighted by Crippen LogP contribution is -2.36. The Morgan fingerprint density at radius 1 is 1.42 bits per heavy atom. The summed E-state index contributed by atoms with van der Waals surface area (Å²) in [6.07, 6.45) is 3.57. The van der Waals surface area contributed by atoms with Crippen molar-refractivity contribution in [3.63, 3.8) is 0 Å². The van der Waals surface area contributed by atoms with Gasteiger partial charge in [-0.3, -0.25) is 9.59 Å². The van der Waals surface area contributed by atoms with E-state index in [4.69, 9.17) is 11.6 Å². The first-order valence-corrected chi connectivity index (χ1v) is 8.43. The third kappa shape index (κ3) is 3.65. The number of benzene rings is 1. The highest BCUT2D eigenvalue weighted by Gasteiger charge is 2.21. The van der Waals surface area contributed by atoms with Crippen LogP contribution in [-0.2, 0) is 17.8 Å². The van der Waals surface area contributed by atoms with Crippen molar-refractivity contribution in [2.45, 2.75) is 26.8 Å². The number of nitrogens with zero attached hydrogens (tertiary/aromatic N) is 4. The highest BCUT2D eigenvalue weighted by atomic mass is 35.5. The Labute approximate surface area is 154 Å². The number of amides is 1. The van der Waals surface area contributed by atoms with Crippen LogP contribution in [0.15, 0.2) is 40.5 Å². The number of aryl methyl sites for hydroxylation is 1. The summed E-state index contributed by atoms with van der Waals surface area (Å²) >= 11 is 5.81. The minimum atomic E-state index is -0.390. The zero-order chi connectivity index (χ0) is 18.7. The monoisotopic (exact) mass is 373 g/mol. The zero-order valence-electron chi connectivity index (χ0n) is 14.4. The van der Waals surface area contributed by atoms with E-state index in [1.165, 1.54) is 21.7 Å². The van der Waals surface area contributed by atoms with Crippen LogP contribution in [0.3, 0.4) is 0 Å². The fraction of sp³-hybridized carbons (Fsp3) is 0.235. The standard InChI is InChI=1S/C17H17ClN6O2/c1-3-14-11(2)22-24-10-20-23(17(24)16(14)26)9-15(25)21-19-8-12-4-6-13(18)7-5-12/h4-8,10H,3,9H2,1-2H3,(H-,21,22,25,26)/p+1/b19-8+. The van der Waals surface area contributed by atoms with Crippen molar-refractivity contribution >= 4 is 29.4 Å². The number of nitrogens with one attached hydrogen (secondary N) is 2. The van der Waals surface area contributed by atoms with Crippen LogP contribution in [0.5, 0.6) is 0 Å². The Bertz CT molecular complexity index is 1040. The number of hydrogen-bond acceptors (Lipinski definition) is 4. The van der Waals surface area contributed by atoms with Gasteiger partial charge >= 0.3 is 5.65 Å². The fourth-order valence-corrected chi connectivity index (χ4v) is 2.78. The van der Waals surface area contributed by atoms with E-state index in [-0.39, 0.29) is 17.9 Å². The largest absolute Gasteiger partial charge is 0.331 e. The van der Waals surface area contributed by atoms with Gasteiger partial charge in [-0.25, -0.2) is 10.5 Å². The summed E-state index contributed by atoms with van der Waals surface area (Å²) in [6.45, 7) is 3.62. The summed E-state index contributed by atoms with van der Waals surface area (Å²) in [5.41, 5.74) is 4.85. The molecule has 9 heteroatoms. The van der Waals surface area contributed by atoms with E-state index in [0.29, 0.717) is 22.7 Å². The third-order valence-electron chi connectivity index (χ3n) is 3.92. The van der Waals surface area contributed by atoms with E-state index in [1.54, 1.807) is 24.3 Å². The lowest BCUT2D eigenvalue weighted by molar-refractivity contribution is -0.582. The molecule has 3 rings (SSSR count). The molecule has 0 fully saturated rings. The maximum atomic E-state index is 12.6. The minimum Gasteiger partial charge on any atom is -0.282 e. The van der Waals surface area contributed by atoms with Crippen molar-refractivity contribution in [2.75, 3.05) is 0 Å². The van der Waals surface area contributed by atoms with E-state index in [2.05, 4.69) is 20.7 Å². The average molecular weight is 374 g/mol. The third-order valence-corrected chi connectivity index (χ3v) is 4.17. The van der Waals surface area contributed by atoms with E-state index in [0.717, 1.165) is 11.3 Å². The Kier molecular flexibility index (Phi) is 5.13. The van der Waals surface area contributed by atoms with Crippen molar-refractivity contribution in [3.8, 4) is 0 Å². The number of carbonyl (C=O) groups is 1. The van der Waals surface area contributed by atoms with Crippen molar-refractivity contribution in [1.82, 2.24) is 20.3 Å². The van der Waals surface area contributed by atoms with Crippen LogP contribution >= 0.6 is 11.6 Å².